The number of ether oxygens (including phenoxy) is 1. The summed E-state index contributed by atoms with van der Waals surface area (Å²) >= 11 is 0. The van der Waals surface area contributed by atoms with Gasteiger partial charge in [0.25, 0.3) is 0 Å². The zero-order chi connectivity index (χ0) is 16.5. The van der Waals surface area contributed by atoms with Crippen LogP contribution >= 0.6 is 0 Å². The number of carbonyl (C=O) groups is 1. The third kappa shape index (κ3) is 5.83. The number of nitrogens with one attached hydrogen (secondary N) is 1. The van der Waals surface area contributed by atoms with Crippen LogP contribution in [0.4, 0.5) is 0 Å². The minimum Gasteiger partial charge on any atom is -0.377 e. The molecule has 122 valence electrons. The first kappa shape index (κ1) is 17.2. The van der Waals surface area contributed by atoms with E-state index in [2.05, 4.69) is 10.3 Å². The van der Waals surface area contributed by atoms with Crippen molar-refractivity contribution in [1.29, 1.82) is 0 Å². The lowest BCUT2D eigenvalue weighted by Gasteiger charge is -2.18. The summed E-state index contributed by atoms with van der Waals surface area (Å²) in [7, 11) is 0. The number of hydrogen-bond acceptors (Lipinski definition) is 3. The summed E-state index contributed by atoms with van der Waals surface area (Å²) in [5.74, 6) is -0.182. The van der Waals surface area contributed by atoms with Crippen LogP contribution in [0.25, 0.3) is 0 Å². The Kier molecular flexibility index (Phi) is 6.76. The Morgan fingerprint density at radius 3 is 2.48 bits per heavy atom. The molecule has 0 spiro atoms. The van der Waals surface area contributed by atoms with Crippen molar-refractivity contribution in [3.05, 3.63) is 66.0 Å². The number of nitrogens with zero attached hydrogens (tertiary/aromatic N) is 1. The van der Waals surface area contributed by atoms with E-state index in [0.717, 1.165) is 11.1 Å². The van der Waals surface area contributed by atoms with Gasteiger partial charge in [0.1, 0.15) is 0 Å². The van der Waals surface area contributed by atoms with Crippen molar-refractivity contribution >= 4 is 5.91 Å². The second-order valence-electron chi connectivity index (χ2n) is 5.73. The zero-order valence-electron chi connectivity index (χ0n) is 13.7. The fraction of sp³-hybridized carbons (Fsp3) is 0.368. The van der Waals surface area contributed by atoms with Gasteiger partial charge in [-0.2, -0.15) is 0 Å². The van der Waals surface area contributed by atoms with Crippen molar-refractivity contribution in [3.8, 4) is 0 Å². The predicted molar refractivity (Wildman–Crippen MR) is 91.2 cm³/mol. The average Bonchev–Trinajstić information content (AvgIpc) is 2.58. The molecule has 23 heavy (non-hydrogen) atoms. The molecule has 1 heterocycles. The van der Waals surface area contributed by atoms with Gasteiger partial charge in [-0.1, -0.05) is 30.3 Å². The van der Waals surface area contributed by atoms with Gasteiger partial charge < -0.3 is 10.1 Å². The number of carbonyl (C=O) groups excluding carboxylic acids is 1. The largest absolute Gasteiger partial charge is 0.377 e. The van der Waals surface area contributed by atoms with Crippen molar-refractivity contribution in [1.82, 2.24) is 10.3 Å². The molecule has 0 radical (unpaired) electrons. The molecule has 0 fully saturated rings. The summed E-state index contributed by atoms with van der Waals surface area (Å²) in [6, 6.07) is 13.8. The maximum absolute atomic E-state index is 12.6. The van der Waals surface area contributed by atoms with E-state index in [9.17, 15) is 4.79 Å². The lowest BCUT2D eigenvalue weighted by molar-refractivity contribution is -0.122. The van der Waals surface area contributed by atoms with Gasteiger partial charge in [-0.25, -0.2) is 0 Å². The Bertz CT molecular complexity index is 585. The van der Waals surface area contributed by atoms with E-state index in [0.29, 0.717) is 19.6 Å². The van der Waals surface area contributed by atoms with Gasteiger partial charge >= 0.3 is 0 Å². The molecule has 1 amide bonds. The second kappa shape index (κ2) is 9.06. The number of benzene rings is 1. The Morgan fingerprint density at radius 2 is 1.83 bits per heavy atom. The maximum Gasteiger partial charge on any atom is 0.227 e. The molecule has 2 aromatic rings. The molecule has 4 nitrogen and oxygen atoms in total. The van der Waals surface area contributed by atoms with Gasteiger partial charge in [0.2, 0.25) is 5.91 Å². The molecule has 1 unspecified atom stereocenters. The second-order valence-corrected chi connectivity index (χ2v) is 5.73. The summed E-state index contributed by atoms with van der Waals surface area (Å²) in [5, 5.41) is 2.98. The summed E-state index contributed by atoms with van der Waals surface area (Å²) in [5.41, 5.74) is 2.12. The third-order valence-corrected chi connectivity index (χ3v) is 3.56. The number of aromatic nitrogens is 1. The molecule has 0 bridgehead atoms. The van der Waals surface area contributed by atoms with Crippen LogP contribution in [0, 0.1) is 0 Å². The number of hydrogen-bond donors (Lipinski definition) is 1. The smallest absolute Gasteiger partial charge is 0.227 e. The normalized spacial score (nSPS) is 12.1. The van der Waals surface area contributed by atoms with Crippen LogP contribution in [0.15, 0.2) is 54.9 Å². The lowest BCUT2D eigenvalue weighted by atomic mass is 9.91. The van der Waals surface area contributed by atoms with Crippen molar-refractivity contribution in [2.45, 2.75) is 32.3 Å². The zero-order valence-corrected chi connectivity index (χ0v) is 13.7. The topological polar surface area (TPSA) is 51.2 Å². The van der Waals surface area contributed by atoms with Crippen LogP contribution in [0.1, 0.15) is 30.9 Å². The third-order valence-electron chi connectivity index (χ3n) is 3.56. The Morgan fingerprint density at radius 1 is 1.13 bits per heavy atom. The predicted octanol–water partition coefficient (Wildman–Crippen LogP) is 2.95. The molecule has 1 aromatic carbocycles. The quantitative estimate of drug-likeness (QED) is 0.763. The van der Waals surface area contributed by atoms with Crippen LogP contribution in [-0.4, -0.2) is 30.1 Å². The van der Waals surface area contributed by atoms with E-state index < -0.39 is 0 Å². The minimum absolute atomic E-state index is 0.0281. The molecule has 0 saturated heterocycles. The fourth-order valence-electron chi connectivity index (χ4n) is 2.39. The molecule has 0 aliphatic rings. The standard InChI is InChI=1S/C19H24N2O2/c1-15(2)23-13-12-21-19(22)18(17-6-4-3-5-7-17)14-16-8-10-20-11-9-16/h3-11,15,18H,12-14H2,1-2H3,(H,21,22). The summed E-state index contributed by atoms with van der Waals surface area (Å²) in [6.45, 7) is 5.02. The Hall–Kier alpha value is -2.20. The SMILES string of the molecule is CC(C)OCCNC(=O)C(Cc1ccncc1)c1ccccc1. The average molecular weight is 312 g/mol. The van der Waals surface area contributed by atoms with Crippen molar-refractivity contribution in [3.63, 3.8) is 0 Å². The van der Waals surface area contributed by atoms with E-state index in [4.69, 9.17) is 4.74 Å². The molecule has 1 aromatic heterocycles. The minimum atomic E-state index is -0.211. The maximum atomic E-state index is 12.6. The highest BCUT2D eigenvalue weighted by atomic mass is 16.5. The van der Waals surface area contributed by atoms with Gasteiger partial charge in [0.05, 0.1) is 18.6 Å². The molecule has 0 saturated carbocycles. The first-order chi connectivity index (χ1) is 11.2. The highest BCUT2D eigenvalue weighted by Crippen LogP contribution is 2.21. The summed E-state index contributed by atoms with van der Waals surface area (Å²) in [4.78, 5) is 16.6. The lowest BCUT2D eigenvalue weighted by Crippen LogP contribution is -2.33. The van der Waals surface area contributed by atoms with E-state index in [1.54, 1.807) is 12.4 Å². The molecular formula is C19H24N2O2. The summed E-state index contributed by atoms with van der Waals surface area (Å²) in [6.07, 6.45) is 4.34. The summed E-state index contributed by atoms with van der Waals surface area (Å²) < 4.78 is 5.47. The van der Waals surface area contributed by atoms with Gasteiger partial charge in [-0.3, -0.25) is 9.78 Å². The molecule has 0 aliphatic carbocycles. The van der Waals surface area contributed by atoms with Gasteiger partial charge in [-0.15, -0.1) is 0 Å². The van der Waals surface area contributed by atoms with E-state index in [1.165, 1.54) is 0 Å². The molecule has 2 rings (SSSR count). The number of pyridine rings is 1. The highest BCUT2D eigenvalue weighted by molar-refractivity contribution is 5.84. The molecule has 1 N–H and O–H groups in total. The molecular weight excluding hydrogens is 288 g/mol. The van der Waals surface area contributed by atoms with E-state index in [-0.39, 0.29) is 17.9 Å². The number of rotatable bonds is 8. The van der Waals surface area contributed by atoms with Crippen LogP contribution in [0.3, 0.4) is 0 Å². The van der Waals surface area contributed by atoms with Gasteiger partial charge in [-0.05, 0) is 43.5 Å². The Balaban J connectivity index is 2.03. The van der Waals surface area contributed by atoms with Gasteiger partial charge in [0, 0.05) is 18.9 Å². The number of amides is 1. The van der Waals surface area contributed by atoms with E-state index in [1.807, 2.05) is 56.3 Å². The van der Waals surface area contributed by atoms with Gasteiger partial charge in [0.15, 0.2) is 0 Å². The van der Waals surface area contributed by atoms with Crippen LogP contribution in [-0.2, 0) is 16.0 Å². The van der Waals surface area contributed by atoms with Crippen molar-refractivity contribution < 1.29 is 9.53 Å². The van der Waals surface area contributed by atoms with Crippen LogP contribution < -0.4 is 5.32 Å². The Labute approximate surface area is 137 Å². The van der Waals surface area contributed by atoms with Crippen molar-refractivity contribution in [2.75, 3.05) is 13.2 Å². The monoisotopic (exact) mass is 312 g/mol. The first-order valence-electron chi connectivity index (χ1n) is 8.00. The van der Waals surface area contributed by atoms with Crippen molar-refractivity contribution in [2.24, 2.45) is 0 Å². The van der Waals surface area contributed by atoms with E-state index >= 15 is 0 Å². The molecule has 4 heteroatoms. The van der Waals surface area contributed by atoms with Crippen LogP contribution in [0.2, 0.25) is 0 Å². The van der Waals surface area contributed by atoms with Crippen LogP contribution in [0.5, 0.6) is 0 Å². The fourth-order valence-corrected chi connectivity index (χ4v) is 2.39. The highest BCUT2D eigenvalue weighted by Gasteiger charge is 2.20. The molecule has 1 atom stereocenters. The first-order valence-corrected chi connectivity index (χ1v) is 8.00. The molecule has 0 aliphatic heterocycles.